The fourth-order valence-electron chi connectivity index (χ4n) is 7.96. The van der Waals surface area contributed by atoms with E-state index in [1.54, 1.807) is 0 Å². The molecule has 1 rings (SSSR count). The van der Waals surface area contributed by atoms with E-state index in [0.29, 0.717) is 12.8 Å². The molecular formula is C51H94O12S. The molecule has 1 heterocycles. The number of hydrogen-bond acceptors (Lipinski definition) is 11. The molecule has 0 amide bonds. The number of hydrogen-bond donors (Lipinski definition) is 4. The molecule has 6 atom stereocenters. The zero-order valence-electron chi connectivity index (χ0n) is 40.4. The largest absolute Gasteiger partial charge is 0.462 e. The van der Waals surface area contributed by atoms with Crippen molar-refractivity contribution in [1.82, 2.24) is 0 Å². The Labute approximate surface area is 389 Å². The fraction of sp³-hybridized carbons (Fsp3) is 0.882. The van der Waals surface area contributed by atoms with E-state index in [2.05, 4.69) is 38.2 Å². The molecule has 2 unspecified atom stereocenters. The highest BCUT2D eigenvalue weighted by atomic mass is 32.2. The van der Waals surface area contributed by atoms with Gasteiger partial charge in [-0.1, -0.05) is 179 Å². The lowest BCUT2D eigenvalue weighted by molar-refractivity contribution is -0.297. The van der Waals surface area contributed by atoms with Gasteiger partial charge in [-0.05, 0) is 64.2 Å². The molecule has 1 aliphatic rings. The summed E-state index contributed by atoms with van der Waals surface area (Å²) in [7, 11) is -4.60. The Kier molecular flexibility index (Phi) is 38.8. The van der Waals surface area contributed by atoms with Gasteiger partial charge < -0.3 is 34.3 Å². The van der Waals surface area contributed by atoms with Crippen molar-refractivity contribution in [3.63, 3.8) is 0 Å². The zero-order valence-corrected chi connectivity index (χ0v) is 41.2. The van der Waals surface area contributed by atoms with E-state index in [1.807, 2.05) is 0 Å². The summed E-state index contributed by atoms with van der Waals surface area (Å²) in [6, 6.07) is 0. The Morgan fingerprint density at radius 2 is 0.891 bits per heavy atom. The molecule has 1 fully saturated rings. The lowest BCUT2D eigenvalue weighted by atomic mass is 10.00. The van der Waals surface area contributed by atoms with Crippen LogP contribution in [0.1, 0.15) is 232 Å². The van der Waals surface area contributed by atoms with Crippen molar-refractivity contribution >= 4 is 22.1 Å². The van der Waals surface area contributed by atoms with Gasteiger partial charge in [0.1, 0.15) is 36.8 Å². The Morgan fingerprint density at radius 1 is 0.516 bits per heavy atom. The third-order valence-electron chi connectivity index (χ3n) is 12.0. The van der Waals surface area contributed by atoms with Gasteiger partial charge in [-0.2, -0.15) is 8.42 Å². The molecular weight excluding hydrogens is 837 g/mol. The molecule has 1 saturated heterocycles. The van der Waals surface area contributed by atoms with E-state index in [4.69, 9.17) is 18.9 Å². The van der Waals surface area contributed by atoms with Gasteiger partial charge in [0.2, 0.25) is 0 Å². The van der Waals surface area contributed by atoms with Gasteiger partial charge in [-0.25, -0.2) is 0 Å². The molecule has 376 valence electrons. The van der Waals surface area contributed by atoms with Crippen molar-refractivity contribution in [3.8, 4) is 0 Å². The van der Waals surface area contributed by atoms with Crippen molar-refractivity contribution in [2.24, 2.45) is 0 Å². The first-order valence-corrected chi connectivity index (χ1v) is 27.5. The van der Waals surface area contributed by atoms with Gasteiger partial charge in [-0.15, -0.1) is 0 Å². The maximum Gasteiger partial charge on any atom is 0.306 e. The van der Waals surface area contributed by atoms with Crippen LogP contribution in [0.3, 0.4) is 0 Å². The van der Waals surface area contributed by atoms with Crippen LogP contribution in [0.25, 0.3) is 0 Å². The van der Waals surface area contributed by atoms with E-state index in [-0.39, 0.29) is 19.4 Å². The van der Waals surface area contributed by atoms with Crippen LogP contribution in [-0.2, 0) is 38.7 Å². The van der Waals surface area contributed by atoms with Crippen LogP contribution >= 0.6 is 0 Å². The van der Waals surface area contributed by atoms with Gasteiger partial charge in [0.15, 0.2) is 12.4 Å². The average molecular weight is 931 g/mol. The summed E-state index contributed by atoms with van der Waals surface area (Å²) in [4.78, 5) is 25.5. The quantitative estimate of drug-likeness (QED) is 0.0196. The van der Waals surface area contributed by atoms with Crippen LogP contribution in [0.4, 0.5) is 0 Å². The first-order chi connectivity index (χ1) is 31.0. The Bertz CT molecular complexity index is 1270. The summed E-state index contributed by atoms with van der Waals surface area (Å²) < 4.78 is 54.2. The number of unbranched alkanes of at least 4 members (excludes halogenated alkanes) is 28. The van der Waals surface area contributed by atoms with E-state index >= 15 is 0 Å². The van der Waals surface area contributed by atoms with E-state index in [0.717, 1.165) is 38.5 Å². The molecule has 0 aromatic carbocycles. The van der Waals surface area contributed by atoms with E-state index in [1.165, 1.54) is 154 Å². The zero-order chi connectivity index (χ0) is 46.9. The molecule has 0 radical (unpaired) electrons. The predicted molar refractivity (Wildman–Crippen MR) is 256 cm³/mol. The molecule has 12 nitrogen and oxygen atoms in total. The van der Waals surface area contributed by atoms with Gasteiger partial charge >= 0.3 is 11.9 Å². The van der Waals surface area contributed by atoms with Crippen molar-refractivity contribution in [2.75, 3.05) is 19.0 Å². The minimum absolute atomic E-state index is 0.162. The molecule has 0 spiro atoms. The van der Waals surface area contributed by atoms with Crippen molar-refractivity contribution in [3.05, 3.63) is 24.3 Å². The normalized spacial score (nSPS) is 19.8. The molecule has 64 heavy (non-hydrogen) atoms. The molecule has 0 aromatic heterocycles. The number of allylic oxidation sites excluding steroid dienone is 4. The van der Waals surface area contributed by atoms with Crippen LogP contribution in [0.5, 0.6) is 0 Å². The molecule has 0 saturated carbocycles. The van der Waals surface area contributed by atoms with E-state index < -0.39 is 71.2 Å². The summed E-state index contributed by atoms with van der Waals surface area (Å²) in [5.74, 6) is -2.00. The van der Waals surface area contributed by atoms with Crippen LogP contribution in [-0.4, -0.2) is 96.0 Å². The van der Waals surface area contributed by atoms with Crippen molar-refractivity contribution < 1.29 is 56.8 Å². The number of aliphatic hydroxyl groups is 3. The van der Waals surface area contributed by atoms with Crippen LogP contribution in [0, 0.1) is 0 Å². The summed E-state index contributed by atoms with van der Waals surface area (Å²) in [6.45, 7) is 3.77. The van der Waals surface area contributed by atoms with E-state index in [9.17, 15) is 37.9 Å². The summed E-state index contributed by atoms with van der Waals surface area (Å²) >= 11 is 0. The number of carbonyl (C=O) groups is 2. The topological polar surface area (TPSA) is 186 Å². The second kappa shape index (κ2) is 41.3. The molecule has 4 N–H and O–H groups in total. The smallest absolute Gasteiger partial charge is 0.306 e. The Hall–Kier alpha value is -1.87. The van der Waals surface area contributed by atoms with Gasteiger partial charge in [0, 0.05) is 12.8 Å². The average Bonchev–Trinajstić information content (AvgIpc) is 3.26. The number of rotatable bonds is 44. The first kappa shape index (κ1) is 60.1. The first-order valence-electron chi connectivity index (χ1n) is 25.9. The monoisotopic (exact) mass is 931 g/mol. The van der Waals surface area contributed by atoms with Gasteiger partial charge in [0.25, 0.3) is 10.1 Å². The molecule has 13 heteroatoms. The highest BCUT2D eigenvalue weighted by Gasteiger charge is 2.46. The standard InChI is InChI=1S/C51H94O12S/c1-3-5-7-9-11-13-15-17-19-20-21-22-23-24-26-28-30-32-34-36-38-40-47(53)62-44(42-61-51-50(56)49(55)48(54)45(63-51)43-64(57,58)59)41-60-46(52)39-37-35-33-31-29-27-25-18-16-14-12-10-8-6-4-2/h17,19,29,31,44-45,48-51,54-56H,3-16,18,20-28,30,32-43H2,1-2H3,(H,57,58,59)/b19-17+,31-29+/t44-,45-,48-,49?,50?,51+/m1/s1. The number of aliphatic hydroxyl groups excluding tert-OH is 3. The van der Waals surface area contributed by atoms with Crippen LogP contribution < -0.4 is 0 Å². The lowest BCUT2D eigenvalue weighted by Gasteiger charge is -2.40. The van der Waals surface area contributed by atoms with Crippen molar-refractivity contribution in [2.45, 2.75) is 269 Å². The molecule has 0 aromatic rings. The SMILES string of the molecule is CCCCCCCC/C=C/CCCCCCCCCCCCCC(=O)O[C@H](COC(=O)CCCC/C=C/CCCCCCCCCCC)CO[C@H]1O[C@H](CS(=O)(=O)O)[C@@H](O)C(O)C1O. The number of ether oxygens (including phenoxy) is 4. The van der Waals surface area contributed by atoms with Crippen molar-refractivity contribution in [1.29, 1.82) is 0 Å². The lowest BCUT2D eigenvalue weighted by Crippen LogP contribution is -2.60. The highest BCUT2D eigenvalue weighted by molar-refractivity contribution is 7.85. The third kappa shape index (κ3) is 35.3. The second-order valence-electron chi connectivity index (χ2n) is 18.2. The predicted octanol–water partition coefficient (Wildman–Crippen LogP) is 11.6. The summed E-state index contributed by atoms with van der Waals surface area (Å²) in [6.07, 6.45) is 37.9. The maximum absolute atomic E-state index is 12.9. The summed E-state index contributed by atoms with van der Waals surface area (Å²) in [5, 5.41) is 31.0. The minimum atomic E-state index is -4.60. The van der Waals surface area contributed by atoms with Crippen LogP contribution in [0.15, 0.2) is 24.3 Å². The molecule has 1 aliphatic heterocycles. The maximum atomic E-state index is 12.9. The highest BCUT2D eigenvalue weighted by Crippen LogP contribution is 2.24. The fourth-order valence-corrected chi connectivity index (χ4v) is 8.65. The summed E-state index contributed by atoms with van der Waals surface area (Å²) in [5.41, 5.74) is 0. The van der Waals surface area contributed by atoms with Crippen LogP contribution in [0.2, 0.25) is 0 Å². The number of esters is 2. The Balaban J connectivity index is 2.37. The number of carbonyl (C=O) groups excluding carboxylic acids is 2. The second-order valence-corrected chi connectivity index (χ2v) is 19.7. The minimum Gasteiger partial charge on any atom is -0.462 e. The van der Waals surface area contributed by atoms with Gasteiger partial charge in [-0.3, -0.25) is 14.1 Å². The Morgan fingerprint density at radius 3 is 1.33 bits per heavy atom. The molecule has 0 aliphatic carbocycles. The third-order valence-corrected chi connectivity index (χ3v) is 12.8. The van der Waals surface area contributed by atoms with Gasteiger partial charge in [0.05, 0.1) is 6.61 Å². The molecule has 0 bridgehead atoms.